The predicted octanol–water partition coefficient (Wildman–Crippen LogP) is 0.131. The normalized spacial score (nSPS) is 11.6. The van der Waals surface area contributed by atoms with E-state index in [1.54, 1.807) is 24.3 Å². The number of aliphatic hydroxyl groups is 1. The van der Waals surface area contributed by atoms with Crippen molar-refractivity contribution in [2.24, 2.45) is 5.73 Å². The Morgan fingerprint density at radius 2 is 2.35 bits per heavy atom. The van der Waals surface area contributed by atoms with E-state index in [-0.39, 0.29) is 11.7 Å². The summed E-state index contributed by atoms with van der Waals surface area (Å²) < 4.78 is 5.05. The number of rotatable bonds is 4. The molecule has 92 valence electrons. The topological polar surface area (TPSA) is 84.6 Å². The van der Waals surface area contributed by atoms with Gasteiger partial charge in [0.2, 0.25) is 5.91 Å². The maximum Gasteiger partial charge on any atom is 0.235 e. The lowest BCUT2D eigenvalue weighted by molar-refractivity contribution is -0.121. The SMILES string of the molecule is COc1cccc(C(CO)C(=O)NC(N)=S)c1. The number of carbonyl (C=O) groups is 1. The van der Waals surface area contributed by atoms with E-state index in [4.69, 9.17) is 10.5 Å². The van der Waals surface area contributed by atoms with Gasteiger partial charge in [-0.2, -0.15) is 0 Å². The second-order valence-electron chi connectivity index (χ2n) is 3.37. The van der Waals surface area contributed by atoms with Crippen LogP contribution in [0.15, 0.2) is 24.3 Å². The molecule has 0 spiro atoms. The van der Waals surface area contributed by atoms with Gasteiger partial charge in [0.15, 0.2) is 5.11 Å². The Morgan fingerprint density at radius 3 is 2.88 bits per heavy atom. The molecule has 17 heavy (non-hydrogen) atoms. The highest BCUT2D eigenvalue weighted by Crippen LogP contribution is 2.20. The van der Waals surface area contributed by atoms with Crippen LogP contribution in [0.4, 0.5) is 0 Å². The monoisotopic (exact) mass is 254 g/mol. The van der Waals surface area contributed by atoms with Crippen LogP contribution in [0, 0.1) is 0 Å². The molecular weight excluding hydrogens is 240 g/mol. The summed E-state index contributed by atoms with van der Waals surface area (Å²) in [5.74, 6) is -0.538. The molecule has 0 saturated carbocycles. The summed E-state index contributed by atoms with van der Waals surface area (Å²) in [5, 5.41) is 11.4. The Bertz CT molecular complexity index is 423. The number of benzene rings is 1. The Hall–Kier alpha value is -1.66. The molecule has 1 amide bonds. The number of carbonyl (C=O) groups excluding carboxylic acids is 1. The number of hydrogen-bond donors (Lipinski definition) is 3. The van der Waals surface area contributed by atoms with Crippen molar-refractivity contribution >= 4 is 23.2 Å². The van der Waals surface area contributed by atoms with Crippen LogP contribution in [-0.2, 0) is 4.79 Å². The largest absolute Gasteiger partial charge is 0.497 e. The third-order valence-electron chi connectivity index (χ3n) is 2.24. The molecule has 6 heteroatoms. The molecule has 0 aliphatic rings. The number of amides is 1. The Kier molecular flexibility index (Phi) is 4.86. The van der Waals surface area contributed by atoms with Crippen molar-refractivity contribution in [3.05, 3.63) is 29.8 Å². The first-order valence-electron chi connectivity index (χ1n) is 4.93. The number of ether oxygens (including phenoxy) is 1. The lowest BCUT2D eigenvalue weighted by atomic mass is 9.99. The molecular formula is C11H14N2O3S. The quantitative estimate of drug-likeness (QED) is 0.665. The fourth-order valence-electron chi connectivity index (χ4n) is 1.41. The summed E-state index contributed by atoms with van der Waals surface area (Å²) in [6.07, 6.45) is 0. The third kappa shape index (κ3) is 3.69. The van der Waals surface area contributed by atoms with Gasteiger partial charge in [-0.15, -0.1) is 0 Å². The first-order valence-corrected chi connectivity index (χ1v) is 5.34. The van der Waals surface area contributed by atoms with Crippen molar-refractivity contribution in [1.29, 1.82) is 0 Å². The molecule has 0 heterocycles. The number of nitrogens with one attached hydrogen (secondary N) is 1. The molecule has 0 radical (unpaired) electrons. The van der Waals surface area contributed by atoms with Crippen molar-refractivity contribution in [2.45, 2.75) is 5.92 Å². The van der Waals surface area contributed by atoms with Crippen molar-refractivity contribution in [2.75, 3.05) is 13.7 Å². The van der Waals surface area contributed by atoms with E-state index in [2.05, 4.69) is 17.5 Å². The molecule has 5 nitrogen and oxygen atoms in total. The van der Waals surface area contributed by atoms with Crippen LogP contribution < -0.4 is 15.8 Å². The number of aliphatic hydroxyl groups excluding tert-OH is 1. The molecule has 0 aliphatic carbocycles. The van der Waals surface area contributed by atoms with Crippen LogP contribution >= 0.6 is 12.2 Å². The number of methoxy groups -OCH3 is 1. The van der Waals surface area contributed by atoms with Crippen molar-refractivity contribution in [3.63, 3.8) is 0 Å². The lowest BCUT2D eigenvalue weighted by Crippen LogP contribution is -2.39. The zero-order chi connectivity index (χ0) is 12.8. The molecule has 4 N–H and O–H groups in total. The Labute approximate surface area is 105 Å². The van der Waals surface area contributed by atoms with E-state index in [1.165, 1.54) is 7.11 Å². The fraction of sp³-hybridized carbons (Fsp3) is 0.273. The molecule has 0 bridgehead atoms. The zero-order valence-electron chi connectivity index (χ0n) is 9.34. The molecule has 1 rings (SSSR count). The second kappa shape index (κ2) is 6.17. The number of thiocarbonyl (C=S) groups is 1. The predicted molar refractivity (Wildman–Crippen MR) is 67.7 cm³/mol. The van der Waals surface area contributed by atoms with E-state index in [1.807, 2.05) is 0 Å². The molecule has 0 fully saturated rings. The van der Waals surface area contributed by atoms with Crippen LogP contribution in [0.3, 0.4) is 0 Å². The van der Waals surface area contributed by atoms with Gasteiger partial charge in [0, 0.05) is 0 Å². The zero-order valence-corrected chi connectivity index (χ0v) is 10.2. The standard InChI is InChI=1S/C11H14N2O3S/c1-16-8-4-2-3-7(5-8)9(6-14)10(15)13-11(12)17/h2-5,9,14H,6H2,1H3,(H3,12,13,15,17). The molecule has 0 aromatic heterocycles. The maximum atomic E-state index is 11.7. The second-order valence-corrected chi connectivity index (χ2v) is 3.81. The van der Waals surface area contributed by atoms with Crippen LogP contribution in [-0.4, -0.2) is 29.8 Å². The molecule has 1 unspecified atom stereocenters. The number of nitrogens with two attached hydrogens (primary N) is 1. The molecule has 0 saturated heterocycles. The average Bonchev–Trinajstić information content (AvgIpc) is 2.29. The number of hydrogen-bond acceptors (Lipinski definition) is 4. The van der Waals surface area contributed by atoms with Gasteiger partial charge >= 0.3 is 0 Å². The minimum atomic E-state index is -0.716. The van der Waals surface area contributed by atoms with E-state index in [0.717, 1.165) is 0 Å². The minimum Gasteiger partial charge on any atom is -0.497 e. The van der Waals surface area contributed by atoms with Gasteiger partial charge in [0.05, 0.1) is 19.6 Å². The summed E-state index contributed by atoms with van der Waals surface area (Å²) in [7, 11) is 1.53. The van der Waals surface area contributed by atoms with Gasteiger partial charge in [0.1, 0.15) is 5.75 Å². The first kappa shape index (κ1) is 13.4. The summed E-state index contributed by atoms with van der Waals surface area (Å²) >= 11 is 4.58. The molecule has 1 aromatic carbocycles. The van der Waals surface area contributed by atoms with E-state index in [9.17, 15) is 9.90 Å². The summed E-state index contributed by atoms with van der Waals surface area (Å²) in [6.45, 7) is -0.332. The lowest BCUT2D eigenvalue weighted by Gasteiger charge is -2.14. The highest BCUT2D eigenvalue weighted by molar-refractivity contribution is 7.80. The van der Waals surface area contributed by atoms with Crippen LogP contribution in [0.25, 0.3) is 0 Å². The minimum absolute atomic E-state index is 0.114. The molecule has 1 atom stereocenters. The molecule has 0 aliphatic heterocycles. The van der Waals surface area contributed by atoms with Crippen LogP contribution in [0.2, 0.25) is 0 Å². The van der Waals surface area contributed by atoms with Crippen molar-refractivity contribution in [1.82, 2.24) is 5.32 Å². The highest BCUT2D eigenvalue weighted by atomic mass is 32.1. The van der Waals surface area contributed by atoms with Gasteiger partial charge in [-0.05, 0) is 29.9 Å². The average molecular weight is 254 g/mol. The third-order valence-corrected chi connectivity index (χ3v) is 2.34. The Balaban J connectivity index is 2.92. The van der Waals surface area contributed by atoms with Crippen molar-refractivity contribution < 1.29 is 14.6 Å². The molecule has 1 aromatic rings. The maximum absolute atomic E-state index is 11.7. The van der Waals surface area contributed by atoms with Crippen LogP contribution in [0.1, 0.15) is 11.5 Å². The fourth-order valence-corrected chi connectivity index (χ4v) is 1.51. The van der Waals surface area contributed by atoms with E-state index < -0.39 is 11.8 Å². The highest BCUT2D eigenvalue weighted by Gasteiger charge is 2.20. The summed E-state index contributed by atoms with van der Waals surface area (Å²) in [6, 6.07) is 6.90. The van der Waals surface area contributed by atoms with Crippen molar-refractivity contribution in [3.8, 4) is 5.75 Å². The van der Waals surface area contributed by atoms with Crippen LogP contribution in [0.5, 0.6) is 5.75 Å². The smallest absolute Gasteiger partial charge is 0.235 e. The van der Waals surface area contributed by atoms with Gasteiger partial charge < -0.3 is 20.9 Å². The van der Waals surface area contributed by atoms with Gasteiger partial charge in [0.25, 0.3) is 0 Å². The summed E-state index contributed by atoms with van der Waals surface area (Å²) in [5.41, 5.74) is 5.85. The van der Waals surface area contributed by atoms with Gasteiger partial charge in [-0.25, -0.2) is 0 Å². The van der Waals surface area contributed by atoms with Gasteiger partial charge in [-0.3, -0.25) is 4.79 Å². The van der Waals surface area contributed by atoms with E-state index >= 15 is 0 Å². The summed E-state index contributed by atoms with van der Waals surface area (Å²) in [4.78, 5) is 11.7. The van der Waals surface area contributed by atoms with E-state index in [0.29, 0.717) is 11.3 Å². The van der Waals surface area contributed by atoms with Gasteiger partial charge in [-0.1, -0.05) is 12.1 Å². The Morgan fingerprint density at radius 1 is 1.65 bits per heavy atom. The first-order chi connectivity index (χ1) is 8.08.